The molecule has 2 aromatic carbocycles. The molecule has 130 valence electrons. The van der Waals surface area contributed by atoms with Crippen molar-refractivity contribution in [3.63, 3.8) is 0 Å². The molecule has 25 heavy (non-hydrogen) atoms. The molecule has 0 bridgehead atoms. The first-order valence-electron chi connectivity index (χ1n) is 7.81. The Morgan fingerprint density at radius 3 is 2.28 bits per heavy atom. The Hall–Kier alpha value is -3.15. The lowest BCUT2D eigenvalue weighted by molar-refractivity contribution is -0.136. The maximum atomic E-state index is 12.5. The fourth-order valence-corrected chi connectivity index (χ4v) is 2.39. The van der Waals surface area contributed by atoms with Gasteiger partial charge in [-0.25, -0.2) is 0 Å². The highest BCUT2D eigenvalue weighted by Gasteiger charge is 2.19. The number of carboxylic acids is 1. The van der Waals surface area contributed by atoms with Gasteiger partial charge in [0, 0.05) is 16.9 Å². The normalized spacial score (nSPS) is 10.2. The molecular formula is C19H20N2O4. The standard InChI is InChI=1S/C19H20N2O4/c1-13-7-9-15(10-8-13)21(12-19(24)25)18(23)11-20-17-6-4-3-5-16(17)14(2)22/h3-10,20H,11-12H2,1-2H3,(H,24,25). The highest BCUT2D eigenvalue weighted by atomic mass is 16.4. The monoisotopic (exact) mass is 340 g/mol. The Labute approximate surface area is 146 Å². The zero-order chi connectivity index (χ0) is 18.4. The van der Waals surface area contributed by atoms with Crippen LogP contribution in [0.2, 0.25) is 0 Å². The predicted molar refractivity (Wildman–Crippen MR) is 96.1 cm³/mol. The Kier molecular flexibility index (Phi) is 5.89. The Balaban J connectivity index is 2.16. The summed E-state index contributed by atoms with van der Waals surface area (Å²) in [6.45, 7) is 2.81. The van der Waals surface area contributed by atoms with E-state index in [-0.39, 0.29) is 12.3 Å². The molecule has 0 aliphatic rings. The summed E-state index contributed by atoms with van der Waals surface area (Å²) in [6.07, 6.45) is 0. The Morgan fingerprint density at radius 1 is 1.04 bits per heavy atom. The quantitative estimate of drug-likeness (QED) is 0.757. The van der Waals surface area contributed by atoms with Crippen molar-refractivity contribution in [3.05, 3.63) is 59.7 Å². The van der Waals surface area contributed by atoms with Gasteiger partial charge in [0.25, 0.3) is 0 Å². The van der Waals surface area contributed by atoms with Crippen molar-refractivity contribution in [2.45, 2.75) is 13.8 Å². The molecule has 0 aromatic heterocycles. The smallest absolute Gasteiger partial charge is 0.323 e. The number of para-hydroxylation sites is 1. The molecule has 1 amide bonds. The zero-order valence-corrected chi connectivity index (χ0v) is 14.2. The van der Waals surface area contributed by atoms with Crippen molar-refractivity contribution in [1.29, 1.82) is 0 Å². The number of amides is 1. The summed E-state index contributed by atoms with van der Waals surface area (Å²) in [5, 5.41) is 12.0. The second-order valence-corrected chi connectivity index (χ2v) is 5.66. The van der Waals surface area contributed by atoms with Crippen LogP contribution in [0.3, 0.4) is 0 Å². The lowest BCUT2D eigenvalue weighted by atomic mass is 10.1. The molecule has 0 aliphatic heterocycles. The number of anilines is 2. The summed E-state index contributed by atoms with van der Waals surface area (Å²) in [5.41, 5.74) is 2.55. The van der Waals surface area contributed by atoms with Gasteiger partial charge in [-0.3, -0.25) is 19.3 Å². The van der Waals surface area contributed by atoms with Crippen LogP contribution in [0.15, 0.2) is 48.5 Å². The van der Waals surface area contributed by atoms with Crippen LogP contribution in [0.1, 0.15) is 22.8 Å². The van der Waals surface area contributed by atoms with Gasteiger partial charge in [0.1, 0.15) is 6.54 Å². The molecule has 0 atom stereocenters. The number of carboxylic acid groups (broad SMARTS) is 1. The average molecular weight is 340 g/mol. The summed E-state index contributed by atoms with van der Waals surface area (Å²) in [5.74, 6) is -1.61. The van der Waals surface area contributed by atoms with E-state index in [0.717, 1.165) is 5.56 Å². The van der Waals surface area contributed by atoms with Gasteiger partial charge in [0.05, 0.1) is 6.54 Å². The van der Waals surface area contributed by atoms with Crippen molar-refractivity contribution >= 4 is 29.0 Å². The van der Waals surface area contributed by atoms with Crippen molar-refractivity contribution < 1.29 is 19.5 Å². The van der Waals surface area contributed by atoms with E-state index in [4.69, 9.17) is 5.11 Å². The molecule has 0 heterocycles. The molecule has 2 rings (SSSR count). The van der Waals surface area contributed by atoms with Crippen LogP contribution in [0, 0.1) is 6.92 Å². The van der Waals surface area contributed by atoms with E-state index in [9.17, 15) is 14.4 Å². The van der Waals surface area contributed by atoms with E-state index in [0.29, 0.717) is 16.9 Å². The molecule has 0 unspecified atom stereocenters. The van der Waals surface area contributed by atoms with Gasteiger partial charge in [0.2, 0.25) is 5.91 Å². The number of ketones is 1. The lowest BCUT2D eigenvalue weighted by Crippen LogP contribution is -2.39. The molecule has 0 fully saturated rings. The van der Waals surface area contributed by atoms with Gasteiger partial charge in [-0.1, -0.05) is 29.8 Å². The molecule has 2 N–H and O–H groups in total. The fraction of sp³-hybridized carbons (Fsp3) is 0.211. The third kappa shape index (κ3) is 4.91. The van der Waals surface area contributed by atoms with E-state index >= 15 is 0 Å². The van der Waals surface area contributed by atoms with Crippen LogP contribution in [-0.4, -0.2) is 35.9 Å². The minimum absolute atomic E-state index is 0.114. The Morgan fingerprint density at radius 2 is 1.68 bits per heavy atom. The highest BCUT2D eigenvalue weighted by molar-refractivity contribution is 6.02. The van der Waals surface area contributed by atoms with Gasteiger partial charge in [-0.2, -0.15) is 0 Å². The maximum Gasteiger partial charge on any atom is 0.323 e. The molecule has 0 spiro atoms. The predicted octanol–water partition coefficient (Wildman–Crippen LogP) is 2.73. The zero-order valence-electron chi connectivity index (χ0n) is 14.2. The molecule has 0 radical (unpaired) electrons. The number of benzene rings is 2. The van der Waals surface area contributed by atoms with Crippen LogP contribution in [0.4, 0.5) is 11.4 Å². The van der Waals surface area contributed by atoms with Crippen LogP contribution in [0.25, 0.3) is 0 Å². The van der Waals surface area contributed by atoms with E-state index in [2.05, 4.69) is 5.32 Å². The molecule has 6 nitrogen and oxygen atoms in total. The number of rotatable bonds is 7. The second-order valence-electron chi connectivity index (χ2n) is 5.66. The number of nitrogens with zero attached hydrogens (tertiary/aromatic N) is 1. The third-order valence-corrected chi connectivity index (χ3v) is 3.68. The summed E-state index contributed by atoms with van der Waals surface area (Å²) in [6, 6.07) is 13.9. The van der Waals surface area contributed by atoms with E-state index in [1.165, 1.54) is 11.8 Å². The molecular weight excluding hydrogens is 320 g/mol. The summed E-state index contributed by atoms with van der Waals surface area (Å²) in [4.78, 5) is 36.5. The SMILES string of the molecule is CC(=O)c1ccccc1NCC(=O)N(CC(=O)O)c1ccc(C)cc1. The van der Waals surface area contributed by atoms with Gasteiger partial charge in [-0.15, -0.1) is 0 Å². The van der Waals surface area contributed by atoms with Crippen molar-refractivity contribution in [1.82, 2.24) is 0 Å². The van der Waals surface area contributed by atoms with E-state index in [1.807, 2.05) is 19.1 Å². The number of hydrogen-bond acceptors (Lipinski definition) is 4. The number of carbonyl (C=O) groups is 3. The van der Waals surface area contributed by atoms with E-state index in [1.54, 1.807) is 36.4 Å². The van der Waals surface area contributed by atoms with Crippen LogP contribution < -0.4 is 10.2 Å². The van der Waals surface area contributed by atoms with Crippen molar-refractivity contribution in [3.8, 4) is 0 Å². The molecule has 2 aromatic rings. The maximum absolute atomic E-state index is 12.5. The number of Topliss-reactive ketones (excluding diaryl/α,β-unsaturated/α-hetero) is 1. The minimum atomic E-state index is -1.10. The van der Waals surface area contributed by atoms with Crippen LogP contribution in [-0.2, 0) is 9.59 Å². The average Bonchev–Trinajstić information content (AvgIpc) is 2.58. The molecule has 0 aliphatic carbocycles. The number of carbonyl (C=O) groups excluding carboxylic acids is 2. The second kappa shape index (κ2) is 8.10. The van der Waals surface area contributed by atoms with E-state index < -0.39 is 18.4 Å². The largest absolute Gasteiger partial charge is 0.480 e. The topological polar surface area (TPSA) is 86.7 Å². The van der Waals surface area contributed by atoms with Gasteiger partial charge in [0.15, 0.2) is 5.78 Å². The van der Waals surface area contributed by atoms with Gasteiger partial charge >= 0.3 is 5.97 Å². The van der Waals surface area contributed by atoms with Crippen LogP contribution in [0.5, 0.6) is 0 Å². The first-order chi connectivity index (χ1) is 11.9. The summed E-state index contributed by atoms with van der Waals surface area (Å²) >= 11 is 0. The van der Waals surface area contributed by atoms with Crippen LogP contribution >= 0.6 is 0 Å². The lowest BCUT2D eigenvalue weighted by Gasteiger charge is -2.22. The number of aryl methyl sites for hydroxylation is 1. The van der Waals surface area contributed by atoms with Gasteiger partial charge in [-0.05, 0) is 38.1 Å². The first-order valence-corrected chi connectivity index (χ1v) is 7.81. The third-order valence-electron chi connectivity index (χ3n) is 3.68. The summed E-state index contributed by atoms with van der Waals surface area (Å²) < 4.78 is 0. The van der Waals surface area contributed by atoms with Crippen molar-refractivity contribution in [2.24, 2.45) is 0 Å². The molecule has 6 heteroatoms. The first kappa shape index (κ1) is 18.2. The van der Waals surface area contributed by atoms with Crippen molar-refractivity contribution in [2.75, 3.05) is 23.3 Å². The minimum Gasteiger partial charge on any atom is -0.480 e. The summed E-state index contributed by atoms with van der Waals surface area (Å²) in [7, 11) is 0. The molecule has 0 saturated carbocycles. The van der Waals surface area contributed by atoms with Gasteiger partial charge < -0.3 is 10.4 Å². The fourth-order valence-electron chi connectivity index (χ4n) is 2.39. The molecule has 0 saturated heterocycles. The number of hydrogen-bond donors (Lipinski definition) is 2. The number of aliphatic carboxylic acids is 1. The Bertz CT molecular complexity index is 784. The number of nitrogens with one attached hydrogen (secondary N) is 1. The highest BCUT2D eigenvalue weighted by Crippen LogP contribution is 2.18.